The highest BCUT2D eigenvalue weighted by molar-refractivity contribution is 7.21. The molecule has 0 fully saturated rings. The second-order valence-electron chi connectivity index (χ2n) is 6.31. The van der Waals surface area contributed by atoms with E-state index in [0.29, 0.717) is 11.0 Å². The highest BCUT2D eigenvalue weighted by atomic mass is 32.1. The number of nitrogens with zero attached hydrogens (tertiary/aromatic N) is 4. The van der Waals surface area contributed by atoms with Gasteiger partial charge in [0.05, 0.1) is 23.0 Å². The molecule has 1 N–H and O–H groups in total. The van der Waals surface area contributed by atoms with E-state index in [4.69, 9.17) is 4.74 Å². The van der Waals surface area contributed by atoms with Gasteiger partial charge in [-0.15, -0.1) is 10.2 Å². The van der Waals surface area contributed by atoms with Crippen LogP contribution in [0.5, 0.6) is 5.75 Å². The number of fused-ring (bicyclic) bond motifs is 1. The lowest BCUT2D eigenvalue weighted by molar-refractivity contribution is 0.415. The molecule has 0 amide bonds. The average Bonchev–Trinajstić information content (AvgIpc) is 3.18. The highest BCUT2D eigenvalue weighted by Gasteiger charge is 2.06. The molecule has 7 heteroatoms. The molecule has 0 spiro atoms. The standard InChI is InChI=1S/C22H19N5OS/c1-15-7-11-17(12-8-15)24-25-21(16-9-13-18(28-2)14-10-16)26-27-22-23-19-5-3-4-6-20(19)29-22/h3-14,24H,1-2H3. The normalized spacial score (nSPS) is 11.9. The van der Waals surface area contributed by atoms with Crippen molar-refractivity contribution in [1.82, 2.24) is 4.98 Å². The number of anilines is 1. The van der Waals surface area contributed by atoms with Gasteiger partial charge >= 0.3 is 0 Å². The number of methoxy groups -OCH3 is 1. The number of ether oxygens (including phenoxy) is 1. The zero-order valence-electron chi connectivity index (χ0n) is 16.0. The number of hydrogen-bond acceptors (Lipinski definition) is 6. The van der Waals surface area contributed by atoms with Crippen molar-refractivity contribution in [3.05, 3.63) is 83.9 Å². The molecule has 0 radical (unpaired) electrons. The van der Waals surface area contributed by atoms with Crippen LogP contribution in [-0.2, 0) is 0 Å². The zero-order valence-corrected chi connectivity index (χ0v) is 16.9. The molecule has 0 aliphatic carbocycles. The number of thiazole rings is 1. The Bertz CT molecular complexity index is 1130. The number of aryl methyl sites for hydroxylation is 1. The molecular formula is C22H19N5OS. The predicted octanol–water partition coefficient (Wildman–Crippen LogP) is 6.17. The van der Waals surface area contributed by atoms with E-state index < -0.39 is 0 Å². The molecule has 0 saturated heterocycles. The van der Waals surface area contributed by atoms with Gasteiger partial charge in [0.1, 0.15) is 5.75 Å². The van der Waals surface area contributed by atoms with E-state index in [9.17, 15) is 0 Å². The first-order valence-corrected chi connectivity index (χ1v) is 9.85. The third-order valence-corrected chi connectivity index (χ3v) is 5.12. The van der Waals surface area contributed by atoms with Crippen LogP contribution >= 0.6 is 11.3 Å². The summed E-state index contributed by atoms with van der Waals surface area (Å²) in [5.74, 6) is 1.22. The minimum Gasteiger partial charge on any atom is -0.497 e. The maximum absolute atomic E-state index is 5.23. The van der Waals surface area contributed by atoms with E-state index in [-0.39, 0.29) is 0 Å². The van der Waals surface area contributed by atoms with Crippen LogP contribution in [0.3, 0.4) is 0 Å². The molecular weight excluding hydrogens is 382 g/mol. The van der Waals surface area contributed by atoms with Gasteiger partial charge in [0.25, 0.3) is 0 Å². The van der Waals surface area contributed by atoms with Crippen molar-refractivity contribution in [3.63, 3.8) is 0 Å². The maximum atomic E-state index is 5.23. The summed E-state index contributed by atoms with van der Waals surface area (Å²) in [5.41, 5.74) is 6.83. The van der Waals surface area contributed by atoms with Crippen molar-refractivity contribution in [2.75, 3.05) is 12.5 Å². The first kappa shape index (κ1) is 18.8. The zero-order chi connectivity index (χ0) is 20.1. The Morgan fingerprint density at radius 2 is 1.72 bits per heavy atom. The summed E-state index contributed by atoms with van der Waals surface area (Å²) in [7, 11) is 1.63. The van der Waals surface area contributed by atoms with Crippen LogP contribution < -0.4 is 10.2 Å². The highest BCUT2D eigenvalue weighted by Crippen LogP contribution is 2.28. The lowest BCUT2D eigenvalue weighted by atomic mass is 10.2. The molecule has 0 aliphatic rings. The quantitative estimate of drug-likeness (QED) is 0.188. The summed E-state index contributed by atoms with van der Waals surface area (Å²) in [6, 6.07) is 23.4. The number of rotatable bonds is 5. The van der Waals surface area contributed by atoms with Gasteiger partial charge in [-0.2, -0.15) is 5.10 Å². The molecule has 4 aromatic rings. The Morgan fingerprint density at radius 3 is 2.45 bits per heavy atom. The van der Waals surface area contributed by atoms with Gasteiger partial charge in [-0.05, 0) is 55.5 Å². The number of aromatic nitrogens is 1. The summed E-state index contributed by atoms with van der Waals surface area (Å²) in [6.45, 7) is 2.04. The molecule has 4 rings (SSSR count). The first-order valence-electron chi connectivity index (χ1n) is 9.03. The van der Waals surface area contributed by atoms with Crippen LogP contribution in [0.2, 0.25) is 0 Å². The number of nitrogens with one attached hydrogen (secondary N) is 1. The third-order valence-electron chi connectivity index (χ3n) is 4.20. The molecule has 0 saturated carbocycles. The number of hydrazone groups is 1. The molecule has 0 bridgehead atoms. The van der Waals surface area contributed by atoms with E-state index in [2.05, 4.69) is 25.7 Å². The van der Waals surface area contributed by atoms with Crippen molar-refractivity contribution < 1.29 is 4.74 Å². The smallest absolute Gasteiger partial charge is 0.231 e. The molecule has 144 valence electrons. The van der Waals surface area contributed by atoms with E-state index in [1.54, 1.807) is 7.11 Å². The fourth-order valence-electron chi connectivity index (χ4n) is 2.62. The minimum absolute atomic E-state index is 0.451. The second kappa shape index (κ2) is 8.62. The Balaban J connectivity index is 1.64. The monoisotopic (exact) mass is 401 g/mol. The van der Waals surface area contributed by atoms with Crippen molar-refractivity contribution in [2.45, 2.75) is 6.92 Å². The molecule has 29 heavy (non-hydrogen) atoms. The third kappa shape index (κ3) is 4.64. The van der Waals surface area contributed by atoms with Crippen LogP contribution in [0.4, 0.5) is 10.8 Å². The summed E-state index contributed by atoms with van der Waals surface area (Å²) < 4.78 is 6.31. The summed E-state index contributed by atoms with van der Waals surface area (Å²) in [5, 5.41) is 13.7. The average molecular weight is 401 g/mol. The lowest BCUT2D eigenvalue weighted by Gasteiger charge is -2.05. The molecule has 0 unspecified atom stereocenters. The van der Waals surface area contributed by atoms with E-state index in [1.807, 2.05) is 79.7 Å². The second-order valence-corrected chi connectivity index (χ2v) is 7.32. The topological polar surface area (TPSA) is 71.2 Å². The van der Waals surface area contributed by atoms with E-state index in [1.165, 1.54) is 16.9 Å². The summed E-state index contributed by atoms with van der Waals surface area (Å²) in [6.07, 6.45) is 0. The number of para-hydroxylation sites is 1. The van der Waals surface area contributed by atoms with E-state index in [0.717, 1.165) is 27.2 Å². The summed E-state index contributed by atoms with van der Waals surface area (Å²) >= 11 is 1.49. The Labute approximate surface area is 172 Å². The number of azo groups is 1. The van der Waals surface area contributed by atoms with Gasteiger partial charge in [-0.3, -0.25) is 5.43 Å². The SMILES string of the molecule is COc1ccc(C(N=Nc2nc3ccccc3s2)=NNc2ccc(C)cc2)cc1. The van der Waals surface area contributed by atoms with Crippen molar-refractivity contribution in [1.29, 1.82) is 0 Å². The van der Waals surface area contributed by atoms with Gasteiger partial charge in [-0.25, -0.2) is 4.98 Å². The number of hydrogen-bond donors (Lipinski definition) is 1. The van der Waals surface area contributed by atoms with E-state index >= 15 is 0 Å². The largest absolute Gasteiger partial charge is 0.497 e. The van der Waals surface area contributed by atoms with Gasteiger partial charge in [-0.1, -0.05) is 41.2 Å². The van der Waals surface area contributed by atoms with Crippen LogP contribution in [0, 0.1) is 6.92 Å². The van der Waals surface area contributed by atoms with Crippen molar-refractivity contribution in [2.24, 2.45) is 15.3 Å². The molecule has 1 heterocycles. The van der Waals surface area contributed by atoms with Gasteiger partial charge < -0.3 is 4.74 Å². The molecule has 3 aromatic carbocycles. The first-order chi connectivity index (χ1) is 14.2. The Morgan fingerprint density at radius 1 is 0.966 bits per heavy atom. The van der Waals surface area contributed by atoms with Crippen molar-refractivity contribution >= 4 is 38.2 Å². The predicted molar refractivity (Wildman–Crippen MR) is 118 cm³/mol. The molecule has 0 aliphatic heterocycles. The lowest BCUT2D eigenvalue weighted by Crippen LogP contribution is -2.01. The van der Waals surface area contributed by atoms with Gasteiger partial charge in [0.2, 0.25) is 11.0 Å². The molecule has 6 nitrogen and oxygen atoms in total. The van der Waals surface area contributed by atoms with Crippen molar-refractivity contribution in [3.8, 4) is 5.75 Å². The number of amidine groups is 1. The number of benzene rings is 3. The molecule has 1 aromatic heterocycles. The van der Waals surface area contributed by atoms with Crippen LogP contribution in [-0.4, -0.2) is 17.9 Å². The Hall–Kier alpha value is -3.58. The summed E-state index contributed by atoms with van der Waals surface area (Å²) in [4.78, 5) is 4.50. The maximum Gasteiger partial charge on any atom is 0.231 e. The van der Waals surface area contributed by atoms with Crippen LogP contribution in [0.15, 0.2) is 88.1 Å². The fourth-order valence-corrected chi connectivity index (χ4v) is 3.41. The van der Waals surface area contributed by atoms with Crippen LogP contribution in [0.1, 0.15) is 11.1 Å². The van der Waals surface area contributed by atoms with Gasteiger partial charge in [0, 0.05) is 5.56 Å². The molecule has 0 atom stereocenters. The van der Waals surface area contributed by atoms with Gasteiger partial charge in [0.15, 0.2) is 0 Å². The van der Waals surface area contributed by atoms with Crippen LogP contribution in [0.25, 0.3) is 10.2 Å². The minimum atomic E-state index is 0.451. The fraction of sp³-hybridized carbons (Fsp3) is 0.0909. The Kier molecular flexibility index (Phi) is 5.58.